The van der Waals surface area contributed by atoms with Crippen LogP contribution < -0.4 is 15.0 Å². The van der Waals surface area contributed by atoms with Crippen molar-refractivity contribution in [2.45, 2.75) is 19.4 Å². The van der Waals surface area contributed by atoms with Crippen molar-refractivity contribution in [3.8, 4) is 5.75 Å². The summed E-state index contributed by atoms with van der Waals surface area (Å²) in [6, 6.07) is 5.85. The Morgan fingerprint density at radius 2 is 2.04 bits per heavy atom. The lowest BCUT2D eigenvalue weighted by Gasteiger charge is -2.34. The molecule has 2 aliphatic rings. The molecule has 7 heteroatoms. The molecule has 1 unspecified atom stereocenters. The molecule has 25 heavy (non-hydrogen) atoms. The Labute approximate surface area is 154 Å². The Hall–Kier alpha value is -1.66. The van der Waals surface area contributed by atoms with Crippen LogP contribution >= 0.6 is 11.6 Å². The molecular formula is C18H27ClN4O2. The normalized spacial score (nSPS) is 21.5. The number of rotatable bonds is 4. The zero-order valence-electron chi connectivity index (χ0n) is 15.0. The maximum Gasteiger partial charge on any atom is 0.317 e. The first-order valence-electron chi connectivity index (χ1n) is 8.97. The van der Waals surface area contributed by atoms with Crippen molar-refractivity contribution >= 4 is 23.3 Å². The van der Waals surface area contributed by atoms with E-state index < -0.39 is 0 Å². The summed E-state index contributed by atoms with van der Waals surface area (Å²) in [7, 11) is 1.66. The van der Waals surface area contributed by atoms with Gasteiger partial charge < -0.3 is 24.8 Å². The number of nitrogens with zero attached hydrogens (tertiary/aromatic N) is 3. The number of ether oxygens (including phenoxy) is 1. The van der Waals surface area contributed by atoms with E-state index in [9.17, 15) is 4.79 Å². The highest BCUT2D eigenvalue weighted by Gasteiger charge is 2.28. The van der Waals surface area contributed by atoms with Crippen molar-refractivity contribution in [1.82, 2.24) is 15.1 Å². The Balaban J connectivity index is 1.55. The van der Waals surface area contributed by atoms with Crippen molar-refractivity contribution in [3.63, 3.8) is 0 Å². The summed E-state index contributed by atoms with van der Waals surface area (Å²) in [5, 5.41) is 3.88. The first kappa shape index (κ1) is 18.1. The molecule has 2 saturated heterocycles. The van der Waals surface area contributed by atoms with Gasteiger partial charge in [0.25, 0.3) is 0 Å². The predicted octanol–water partition coefficient (Wildman–Crippen LogP) is 2.27. The highest BCUT2D eigenvalue weighted by molar-refractivity contribution is 6.30. The molecule has 0 spiro atoms. The molecule has 2 amide bonds. The smallest absolute Gasteiger partial charge is 0.317 e. The van der Waals surface area contributed by atoms with E-state index in [1.807, 2.05) is 23.1 Å². The fourth-order valence-electron chi connectivity index (χ4n) is 3.54. The van der Waals surface area contributed by atoms with Gasteiger partial charge in [0.1, 0.15) is 5.75 Å². The van der Waals surface area contributed by atoms with Crippen molar-refractivity contribution in [1.29, 1.82) is 0 Å². The van der Waals surface area contributed by atoms with Crippen LogP contribution in [0.5, 0.6) is 5.75 Å². The Morgan fingerprint density at radius 1 is 1.28 bits per heavy atom. The van der Waals surface area contributed by atoms with Gasteiger partial charge in [0.15, 0.2) is 0 Å². The molecular weight excluding hydrogens is 340 g/mol. The van der Waals surface area contributed by atoms with Crippen LogP contribution in [0.3, 0.4) is 0 Å². The molecule has 2 aliphatic heterocycles. The largest absolute Gasteiger partial charge is 0.495 e. The fourth-order valence-corrected chi connectivity index (χ4v) is 3.71. The molecule has 0 radical (unpaired) electrons. The van der Waals surface area contributed by atoms with Crippen LogP contribution in [0.2, 0.25) is 5.02 Å². The number of hydrogen-bond acceptors (Lipinski definition) is 4. The van der Waals surface area contributed by atoms with Crippen LogP contribution in [-0.4, -0.2) is 74.8 Å². The van der Waals surface area contributed by atoms with E-state index in [1.165, 1.54) is 0 Å². The quantitative estimate of drug-likeness (QED) is 0.888. The number of halogens is 1. The number of benzene rings is 1. The van der Waals surface area contributed by atoms with Crippen LogP contribution in [0.25, 0.3) is 0 Å². The van der Waals surface area contributed by atoms with Gasteiger partial charge >= 0.3 is 6.03 Å². The number of likely N-dealkylation sites (N-methyl/N-ethyl adjacent to an activating group) is 1. The topological polar surface area (TPSA) is 48.0 Å². The first-order valence-corrected chi connectivity index (χ1v) is 9.34. The van der Waals surface area contributed by atoms with Crippen LogP contribution in [0.4, 0.5) is 10.5 Å². The number of hydrogen-bond donors (Lipinski definition) is 1. The van der Waals surface area contributed by atoms with Crippen molar-refractivity contribution in [2.75, 3.05) is 57.8 Å². The van der Waals surface area contributed by atoms with Crippen LogP contribution in [0, 0.1) is 0 Å². The van der Waals surface area contributed by atoms with E-state index in [-0.39, 0.29) is 12.1 Å². The van der Waals surface area contributed by atoms with Crippen molar-refractivity contribution < 1.29 is 9.53 Å². The molecule has 1 atom stereocenters. The van der Waals surface area contributed by atoms with Crippen LogP contribution in [0.1, 0.15) is 13.3 Å². The predicted molar refractivity (Wildman–Crippen MR) is 101 cm³/mol. The monoisotopic (exact) mass is 366 g/mol. The third-order valence-corrected chi connectivity index (χ3v) is 5.34. The van der Waals surface area contributed by atoms with Gasteiger partial charge in [-0.2, -0.15) is 0 Å². The zero-order chi connectivity index (χ0) is 17.8. The molecule has 0 bridgehead atoms. The minimum absolute atomic E-state index is 0.0562. The van der Waals surface area contributed by atoms with E-state index in [4.69, 9.17) is 16.3 Å². The summed E-state index contributed by atoms with van der Waals surface area (Å²) in [4.78, 5) is 19.0. The molecule has 2 heterocycles. The highest BCUT2D eigenvalue weighted by Crippen LogP contribution is 2.33. The first-order chi connectivity index (χ1) is 12.1. The van der Waals surface area contributed by atoms with Crippen LogP contribution in [0.15, 0.2) is 18.2 Å². The second-order valence-electron chi connectivity index (χ2n) is 6.62. The van der Waals surface area contributed by atoms with Gasteiger partial charge in [-0.3, -0.25) is 0 Å². The van der Waals surface area contributed by atoms with Gasteiger partial charge in [-0.15, -0.1) is 0 Å². The number of carbonyl (C=O) groups excluding carboxylic acids is 1. The minimum atomic E-state index is 0.0562. The van der Waals surface area contributed by atoms with E-state index in [1.54, 1.807) is 7.11 Å². The van der Waals surface area contributed by atoms with E-state index in [0.717, 1.165) is 63.7 Å². The molecule has 0 aliphatic carbocycles. The van der Waals surface area contributed by atoms with Gasteiger partial charge in [-0.05, 0) is 31.2 Å². The fraction of sp³-hybridized carbons (Fsp3) is 0.611. The average Bonchev–Trinajstić information content (AvgIpc) is 3.10. The summed E-state index contributed by atoms with van der Waals surface area (Å²) >= 11 is 6.14. The van der Waals surface area contributed by atoms with Gasteiger partial charge in [-0.1, -0.05) is 18.5 Å². The third-order valence-electron chi connectivity index (χ3n) is 5.10. The number of piperazine rings is 1. The van der Waals surface area contributed by atoms with Crippen molar-refractivity contribution in [2.24, 2.45) is 0 Å². The number of anilines is 1. The molecule has 138 valence electrons. The number of amides is 2. The number of carbonyl (C=O) groups is 1. The Bertz CT molecular complexity index is 605. The van der Waals surface area contributed by atoms with E-state index >= 15 is 0 Å². The lowest BCUT2D eigenvalue weighted by atomic mass is 10.2. The lowest BCUT2D eigenvalue weighted by Crippen LogP contribution is -2.53. The molecule has 1 aromatic rings. The van der Waals surface area contributed by atoms with Gasteiger partial charge in [-0.25, -0.2) is 4.79 Å². The molecule has 1 aromatic carbocycles. The second-order valence-corrected chi connectivity index (χ2v) is 7.06. The number of methoxy groups -OCH3 is 1. The summed E-state index contributed by atoms with van der Waals surface area (Å²) in [6.07, 6.45) is 0.927. The molecule has 2 fully saturated rings. The molecule has 1 N–H and O–H groups in total. The maximum atomic E-state index is 12.5. The van der Waals surface area contributed by atoms with Gasteiger partial charge in [0.2, 0.25) is 0 Å². The molecule has 6 nitrogen and oxygen atoms in total. The molecule has 0 aromatic heterocycles. The number of nitrogens with one attached hydrogen (secondary N) is 1. The Morgan fingerprint density at radius 3 is 2.72 bits per heavy atom. The average molecular weight is 367 g/mol. The Kier molecular flexibility index (Phi) is 5.91. The highest BCUT2D eigenvalue weighted by atomic mass is 35.5. The minimum Gasteiger partial charge on any atom is -0.495 e. The third kappa shape index (κ3) is 4.30. The second kappa shape index (κ2) is 8.15. The van der Waals surface area contributed by atoms with Gasteiger partial charge in [0.05, 0.1) is 12.8 Å². The SMILES string of the molecule is CCN1CCN(C(=O)NC2CCN(c3cc(Cl)ccc3OC)C2)CC1. The molecule has 0 saturated carbocycles. The summed E-state index contributed by atoms with van der Waals surface area (Å²) in [5.74, 6) is 0.812. The van der Waals surface area contributed by atoms with Gasteiger partial charge in [0, 0.05) is 50.3 Å². The summed E-state index contributed by atoms with van der Waals surface area (Å²) < 4.78 is 5.44. The maximum absolute atomic E-state index is 12.5. The lowest BCUT2D eigenvalue weighted by molar-refractivity contribution is 0.141. The van der Waals surface area contributed by atoms with Crippen LogP contribution in [-0.2, 0) is 0 Å². The summed E-state index contributed by atoms with van der Waals surface area (Å²) in [6.45, 7) is 8.39. The van der Waals surface area contributed by atoms with Crippen molar-refractivity contribution in [3.05, 3.63) is 23.2 Å². The van der Waals surface area contributed by atoms with E-state index in [0.29, 0.717) is 5.02 Å². The number of urea groups is 1. The summed E-state index contributed by atoms with van der Waals surface area (Å²) in [5.41, 5.74) is 0.989. The standard InChI is InChI=1S/C18H27ClN4O2/c1-3-21-8-10-22(11-9-21)18(24)20-15-6-7-23(13-15)16-12-14(19)4-5-17(16)25-2/h4-5,12,15H,3,6-11,13H2,1-2H3,(H,20,24). The zero-order valence-corrected chi connectivity index (χ0v) is 15.8. The molecule has 3 rings (SSSR count). The van der Waals surface area contributed by atoms with E-state index in [2.05, 4.69) is 22.0 Å².